The minimum Gasteiger partial charge on any atom is -0.461 e. The van der Waals surface area contributed by atoms with Gasteiger partial charge in [-0.3, -0.25) is 9.88 Å². The van der Waals surface area contributed by atoms with Gasteiger partial charge in [-0.15, -0.1) is 0 Å². The molecule has 11 nitrogen and oxygen atoms in total. The fourth-order valence-electron chi connectivity index (χ4n) is 9.49. The normalized spacial score (nSPS) is 21.9. The lowest BCUT2D eigenvalue weighted by Crippen LogP contribution is -2.60. The minimum absolute atomic E-state index is 0.00551. The first-order valence-corrected chi connectivity index (χ1v) is 20.1. The van der Waals surface area contributed by atoms with Gasteiger partial charge >= 0.3 is 18.1 Å². The van der Waals surface area contributed by atoms with Gasteiger partial charge in [0, 0.05) is 24.7 Å². The first kappa shape index (κ1) is 38.3. The summed E-state index contributed by atoms with van der Waals surface area (Å²) in [6.07, 6.45) is 3.58. The van der Waals surface area contributed by atoms with Crippen LogP contribution in [0.2, 0.25) is 5.02 Å². The van der Waals surface area contributed by atoms with Crippen molar-refractivity contribution in [2.45, 2.75) is 76.0 Å². The Morgan fingerprint density at radius 2 is 1.91 bits per heavy atom. The Labute approximate surface area is 337 Å². The molecule has 0 saturated carbocycles. The van der Waals surface area contributed by atoms with E-state index < -0.39 is 35.4 Å². The summed E-state index contributed by atoms with van der Waals surface area (Å²) in [6.45, 7) is 5.63. The topological polar surface area (TPSA) is 119 Å². The number of hydrogen-bond acceptors (Lipinski definition) is 10. The Balaban J connectivity index is 1.24. The van der Waals surface area contributed by atoms with Crippen molar-refractivity contribution in [1.82, 2.24) is 25.2 Å². The number of ether oxygens (including phenoxy) is 3. The van der Waals surface area contributed by atoms with Crippen LogP contribution in [-0.4, -0.2) is 88.6 Å². The van der Waals surface area contributed by atoms with E-state index >= 15 is 13.2 Å². The largest absolute Gasteiger partial charge is 0.461 e. The third-order valence-electron chi connectivity index (χ3n) is 12.1. The van der Waals surface area contributed by atoms with E-state index in [1.54, 1.807) is 43.0 Å². The second-order valence-corrected chi connectivity index (χ2v) is 16.7. The molecule has 2 unspecified atom stereocenters. The lowest BCUT2D eigenvalue weighted by atomic mass is 9.90. The van der Waals surface area contributed by atoms with Crippen molar-refractivity contribution in [2.75, 3.05) is 44.3 Å². The van der Waals surface area contributed by atoms with Crippen molar-refractivity contribution >= 4 is 51.2 Å². The van der Waals surface area contributed by atoms with E-state index in [2.05, 4.69) is 20.2 Å². The lowest BCUT2D eigenvalue weighted by Gasteiger charge is -2.42. The zero-order chi connectivity index (χ0) is 40.3. The van der Waals surface area contributed by atoms with Crippen LogP contribution in [0, 0.1) is 18.6 Å². The highest BCUT2D eigenvalue weighted by Crippen LogP contribution is 2.42. The number of halogens is 4. The van der Waals surface area contributed by atoms with Crippen LogP contribution in [0.15, 0.2) is 48.7 Å². The van der Waals surface area contributed by atoms with E-state index in [1.807, 2.05) is 0 Å². The molecular weight excluding hydrogens is 773 g/mol. The quantitative estimate of drug-likeness (QED) is 0.137. The highest BCUT2D eigenvalue weighted by Gasteiger charge is 2.45. The minimum atomic E-state index is -1.39. The highest BCUT2D eigenvalue weighted by atomic mass is 35.5. The Hall–Kier alpha value is -5.21. The summed E-state index contributed by atoms with van der Waals surface area (Å²) >= 11 is 6.41. The van der Waals surface area contributed by atoms with Gasteiger partial charge in [-0.2, -0.15) is 9.97 Å². The maximum atomic E-state index is 17.6. The molecule has 5 aromatic rings. The molecule has 0 spiro atoms. The second-order valence-electron chi connectivity index (χ2n) is 16.2. The van der Waals surface area contributed by atoms with Crippen molar-refractivity contribution in [2.24, 2.45) is 0 Å². The monoisotopic (exact) mass is 814 g/mol. The number of carbonyl (C=O) groups is 2. The van der Waals surface area contributed by atoms with Crippen LogP contribution in [0.5, 0.6) is 11.8 Å². The number of alkyl halides is 1. The van der Waals surface area contributed by atoms with Gasteiger partial charge in [0.15, 0.2) is 5.82 Å². The van der Waals surface area contributed by atoms with E-state index in [0.29, 0.717) is 22.9 Å². The van der Waals surface area contributed by atoms with E-state index in [9.17, 15) is 9.59 Å². The fraction of sp³-hybridized carbons (Fsp3) is 0.419. The van der Waals surface area contributed by atoms with Gasteiger partial charge in [-0.25, -0.2) is 22.8 Å². The maximum Gasteiger partial charge on any atom is 0.407 e. The first-order valence-electron chi connectivity index (χ1n) is 19.7. The third-order valence-corrected chi connectivity index (χ3v) is 12.4. The van der Waals surface area contributed by atoms with Crippen LogP contribution in [0.25, 0.3) is 32.9 Å². The van der Waals surface area contributed by atoms with Crippen LogP contribution in [0.1, 0.15) is 66.9 Å². The summed E-state index contributed by atoms with van der Waals surface area (Å²) in [6, 6.07) is 10.8. The molecule has 58 heavy (non-hydrogen) atoms. The maximum absolute atomic E-state index is 17.6. The molecule has 3 saturated heterocycles. The van der Waals surface area contributed by atoms with Crippen molar-refractivity contribution < 1.29 is 37.0 Å². The summed E-state index contributed by atoms with van der Waals surface area (Å²) in [5.74, 6) is -1.92. The van der Waals surface area contributed by atoms with E-state index in [-0.39, 0.29) is 100 Å². The summed E-state index contributed by atoms with van der Waals surface area (Å²) in [5.41, 5.74) is -0.476. The smallest absolute Gasteiger partial charge is 0.407 e. The summed E-state index contributed by atoms with van der Waals surface area (Å²) in [5, 5.41) is 3.99. The second kappa shape index (κ2) is 14.9. The Bertz CT molecular complexity index is 2460. The summed E-state index contributed by atoms with van der Waals surface area (Å²) in [4.78, 5) is 44.8. The zero-order valence-electron chi connectivity index (χ0n) is 32.2. The average molecular weight is 815 g/mol. The Morgan fingerprint density at radius 1 is 1.10 bits per heavy atom. The fourth-order valence-corrected chi connectivity index (χ4v) is 9.79. The van der Waals surface area contributed by atoms with Crippen molar-refractivity contribution in [1.29, 1.82) is 0 Å². The van der Waals surface area contributed by atoms with Gasteiger partial charge in [0.1, 0.15) is 41.4 Å². The molecule has 5 aliphatic rings. The number of hydrogen-bond donors (Lipinski definition) is 1. The van der Waals surface area contributed by atoms with Crippen molar-refractivity contribution in [3.63, 3.8) is 0 Å². The lowest BCUT2D eigenvalue weighted by molar-refractivity contribution is 0.0734. The molecule has 1 amide bonds. The number of aryl methyl sites for hydroxylation is 2. The first-order chi connectivity index (χ1) is 27.9. The third kappa shape index (κ3) is 6.93. The van der Waals surface area contributed by atoms with Crippen molar-refractivity contribution in [3.05, 3.63) is 82.0 Å². The zero-order valence-corrected chi connectivity index (χ0v) is 32.9. The number of amides is 1. The molecule has 3 fully saturated rings. The van der Waals surface area contributed by atoms with Gasteiger partial charge < -0.3 is 24.4 Å². The molecule has 2 aromatic heterocycles. The molecule has 1 N–H and O–H groups in total. The number of esters is 1. The van der Waals surface area contributed by atoms with Crippen LogP contribution in [0.4, 0.5) is 23.8 Å². The van der Waals surface area contributed by atoms with Crippen LogP contribution < -0.4 is 19.7 Å². The number of carbonyl (C=O) groups excluding carboxylic acids is 2. The molecule has 5 aliphatic heterocycles. The molecule has 10 rings (SSSR count). The number of pyridine rings is 1. The number of anilines is 1. The van der Waals surface area contributed by atoms with Gasteiger partial charge in [-0.05, 0) is 112 Å². The van der Waals surface area contributed by atoms with Crippen LogP contribution in [0.3, 0.4) is 0 Å². The Morgan fingerprint density at radius 3 is 2.71 bits per heavy atom. The SMILES string of the molecule is Cc1cccc(Cl)c1C(=O)Oc1cc2c3c(c(F)ccc3c1)CCCOC(=O)NC1(C)CC(F)CN(C1)c1nc(OCC34CCCN3CCC4)nc3c(F)c-2ncc13. The number of benzene rings is 3. The van der Waals surface area contributed by atoms with Gasteiger partial charge in [-0.1, -0.05) is 29.8 Å². The number of aromatic nitrogens is 3. The number of alkyl carbamates (subject to hydrolysis) is 1. The van der Waals surface area contributed by atoms with Gasteiger partial charge in [0.05, 0.1) is 40.2 Å². The molecule has 2 atom stereocenters. The number of nitrogens with zero attached hydrogens (tertiary/aromatic N) is 5. The van der Waals surface area contributed by atoms with Gasteiger partial charge in [0.25, 0.3) is 0 Å². The number of fused-ring (bicyclic) bond motifs is 7. The van der Waals surface area contributed by atoms with Gasteiger partial charge in [0.2, 0.25) is 0 Å². The summed E-state index contributed by atoms with van der Waals surface area (Å²) < 4.78 is 67.0. The predicted octanol–water partition coefficient (Wildman–Crippen LogP) is 8.29. The predicted molar refractivity (Wildman–Crippen MR) is 213 cm³/mol. The molecule has 7 heterocycles. The number of nitrogens with one attached hydrogen (secondary N) is 1. The molecule has 0 radical (unpaired) electrons. The van der Waals surface area contributed by atoms with E-state index in [4.69, 9.17) is 30.8 Å². The average Bonchev–Trinajstić information content (AvgIpc) is 3.76. The Kier molecular flexibility index (Phi) is 9.82. The van der Waals surface area contributed by atoms with E-state index in [0.717, 1.165) is 38.8 Å². The molecule has 3 aromatic carbocycles. The molecule has 302 valence electrons. The van der Waals surface area contributed by atoms with Crippen molar-refractivity contribution in [3.8, 4) is 23.0 Å². The molecular formula is C43H42ClF3N6O5. The number of rotatable bonds is 5. The highest BCUT2D eigenvalue weighted by molar-refractivity contribution is 6.33. The molecule has 0 aliphatic carbocycles. The number of piperidine rings is 1. The summed E-state index contributed by atoms with van der Waals surface area (Å²) in [7, 11) is 0. The molecule has 15 heteroatoms. The van der Waals surface area contributed by atoms with E-state index in [1.165, 1.54) is 24.4 Å². The van der Waals surface area contributed by atoms with Crippen LogP contribution >= 0.6 is 11.6 Å². The molecule has 6 bridgehead atoms. The van der Waals surface area contributed by atoms with Crippen LogP contribution in [-0.2, 0) is 11.2 Å². The standard InChI is InChI=1S/C43H42ClF3N6O5/c1-24-7-3-9-31(44)33(24)39(54)58-27-17-25-10-11-32(46)28-8-4-16-56-41(55)51-42(2)19-26(45)21-52(22-42)38-30-20-48-36(29(18-27)34(25)28)35(47)37(30)49-40(50-38)57-23-43-12-5-14-53(43)15-6-13-43/h3,7,9-11,17-18,20,26H,4-6,8,12-16,19,21-23H2,1-2H3,(H,51,55).